The van der Waals surface area contributed by atoms with E-state index in [2.05, 4.69) is 15.9 Å². The molecule has 1 N–H and O–H groups in total. The number of ketones is 1. The van der Waals surface area contributed by atoms with Crippen LogP contribution in [0.15, 0.2) is 65.1 Å². The molecule has 136 valence electrons. The Bertz CT molecular complexity index is 1070. The Morgan fingerprint density at radius 3 is 2.63 bits per heavy atom. The lowest BCUT2D eigenvalue weighted by atomic mass is 9.87. The quantitative estimate of drug-likeness (QED) is 0.631. The summed E-state index contributed by atoms with van der Waals surface area (Å²) in [4.78, 5) is 27.6. The van der Waals surface area contributed by atoms with Gasteiger partial charge in [-0.3, -0.25) is 9.59 Å². The smallest absolute Gasteiger partial charge is 0.264 e. The van der Waals surface area contributed by atoms with Crippen molar-refractivity contribution in [1.82, 2.24) is 0 Å². The maximum atomic E-state index is 13.1. The molecule has 0 saturated carbocycles. The number of halogens is 1. The Hall–Kier alpha value is -2.50. The monoisotopic (exact) mass is 423 g/mol. The number of rotatable bonds is 4. The number of likely N-dealkylation sites (N-methyl/N-ethyl adjacent to an activating group) is 1. The van der Waals surface area contributed by atoms with Crippen molar-refractivity contribution in [3.63, 3.8) is 0 Å². The van der Waals surface area contributed by atoms with Crippen molar-refractivity contribution in [2.24, 2.45) is 0 Å². The third kappa shape index (κ3) is 2.78. The summed E-state index contributed by atoms with van der Waals surface area (Å²) in [5.74, 6) is -0.710. The first-order chi connectivity index (χ1) is 13.0. The minimum absolute atomic E-state index is 0.258. The van der Waals surface area contributed by atoms with Crippen molar-refractivity contribution in [2.45, 2.75) is 18.9 Å². The van der Waals surface area contributed by atoms with Gasteiger partial charge in [0.15, 0.2) is 11.4 Å². The number of Topliss-reactive ketones (excluding diaryl/α,β-unsaturated/α-hetero) is 1. The maximum absolute atomic E-state index is 13.1. The highest BCUT2D eigenvalue weighted by molar-refractivity contribution is 9.10. The maximum Gasteiger partial charge on any atom is 0.264 e. The SMILES string of the molecule is CCN1C(=O)[C@@](O)(CC(=O)c2cccc3ccccc23)c2cc(Br)ccc21. The summed E-state index contributed by atoms with van der Waals surface area (Å²) in [5.41, 5.74) is -0.222. The number of anilines is 1. The number of nitrogens with zero attached hydrogens (tertiary/aromatic N) is 1. The molecule has 4 rings (SSSR count). The Balaban J connectivity index is 1.78. The van der Waals surface area contributed by atoms with Crippen LogP contribution in [-0.2, 0) is 10.4 Å². The van der Waals surface area contributed by atoms with Crippen molar-refractivity contribution in [1.29, 1.82) is 0 Å². The second-order valence-electron chi connectivity index (χ2n) is 6.70. The highest BCUT2D eigenvalue weighted by Gasteiger charge is 2.50. The van der Waals surface area contributed by atoms with E-state index in [1.165, 1.54) is 4.90 Å². The Morgan fingerprint density at radius 2 is 1.85 bits per heavy atom. The predicted octanol–water partition coefficient (Wildman–Crippen LogP) is 4.43. The number of carbonyl (C=O) groups excluding carboxylic acids is 2. The van der Waals surface area contributed by atoms with Crippen molar-refractivity contribution in [3.05, 3.63) is 76.3 Å². The lowest BCUT2D eigenvalue weighted by Gasteiger charge is -2.22. The van der Waals surface area contributed by atoms with Gasteiger partial charge in [-0.25, -0.2) is 0 Å². The molecule has 0 spiro atoms. The molecule has 4 nitrogen and oxygen atoms in total. The van der Waals surface area contributed by atoms with Gasteiger partial charge < -0.3 is 10.0 Å². The number of hydrogen-bond donors (Lipinski definition) is 1. The molecule has 0 bridgehead atoms. The van der Waals surface area contributed by atoms with Crippen LogP contribution in [0.2, 0.25) is 0 Å². The van der Waals surface area contributed by atoms with E-state index >= 15 is 0 Å². The zero-order chi connectivity index (χ0) is 19.2. The minimum atomic E-state index is -1.86. The van der Waals surface area contributed by atoms with Gasteiger partial charge in [-0.1, -0.05) is 58.4 Å². The molecular formula is C22H18BrNO3. The molecular weight excluding hydrogens is 406 g/mol. The molecule has 1 aliphatic rings. The van der Waals surface area contributed by atoms with Gasteiger partial charge in [-0.15, -0.1) is 0 Å². The van der Waals surface area contributed by atoms with Gasteiger partial charge in [0.2, 0.25) is 0 Å². The molecule has 5 heteroatoms. The molecule has 0 unspecified atom stereocenters. The van der Waals surface area contributed by atoms with E-state index in [0.29, 0.717) is 23.4 Å². The zero-order valence-electron chi connectivity index (χ0n) is 14.8. The number of amides is 1. The predicted molar refractivity (Wildman–Crippen MR) is 109 cm³/mol. The van der Waals surface area contributed by atoms with Crippen LogP contribution in [0.1, 0.15) is 29.3 Å². The molecule has 27 heavy (non-hydrogen) atoms. The van der Waals surface area contributed by atoms with Gasteiger partial charge in [-0.05, 0) is 35.9 Å². The summed E-state index contributed by atoms with van der Waals surface area (Å²) in [7, 11) is 0. The lowest BCUT2D eigenvalue weighted by molar-refractivity contribution is -0.135. The number of benzene rings is 3. The van der Waals surface area contributed by atoms with Crippen LogP contribution in [0.5, 0.6) is 0 Å². The fourth-order valence-electron chi connectivity index (χ4n) is 3.80. The number of hydrogen-bond acceptors (Lipinski definition) is 3. The summed E-state index contributed by atoms with van der Waals surface area (Å²) in [6.45, 7) is 2.28. The van der Waals surface area contributed by atoms with Crippen LogP contribution >= 0.6 is 15.9 Å². The number of carbonyl (C=O) groups is 2. The molecule has 0 saturated heterocycles. The van der Waals surface area contributed by atoms with Gasteiger partial charge in [-0.2, -0.15) is 0 Å². The van der Waals surface area contributed by atoms with Crippen molar-refractivity contribution < 1.29 is 14.7 Å². The van der Waals surface area contributed by atoms with E-state index in [1.54, 1.807) is 18.2 Å². The molecule has 1 heterocycles. The first-order valence-corrected chi connectivity index (χ1v) is 9.60. The molecule has 0 aliphatic carbocycles. The van der Waals surface area contributed by atoms with Gasteiger partial charge in [0.05, 0.1) is 12.1 Å². The largest absolute Gasteiger partial charge is 0.375 e. The first-order valence-electron chi connectivity index (χ1n) is 8.81. The number of aliphatic hydroxyl groups is 1. The first kappa shape index (κ1) is 17.9. The van der Waals surface area contributed by atoms with Crippen LogP contribution in [0.4, 0.5) is 5.69 Å². The summed E-state index contributed by atoms with van der Waals surface area (Å²) < 4.78 is 0.753. The Labute approximate surface area is 165 Å². The van der Waals surface area contributed by atoms with Crippen LogP contribution in [0.25, 0.3) is 10.8 Å². The van der Waals surface area contributed by atoms with Crippen molar-refractivity contribution >= 4 is 44.1 Å². The second-order valence-corrected chi connectivity index (χ2v) is 7.61. The fourth-order valence-corrected chi connectivity index (χ4v) is 4.16. The Kier molecular flexibility index (Phi) is 4.36. The summed E-state index contributed by atoms with van der Waals surface area (Å²) >= 11 is 3.40. The third-order valence-corrected chi connectivity index (χ3v) is 5.61. The van der Waals surface area contributed by atoms with Crippen molar-refractivity contribution in [3.8, 4) is 0 Å². The standard InChI is InChI=1S/C22H18BrNO3/c1-2-24-19-11-10-15(23)12-18(19)22(27,21(24)26)13-20(25)17-9-5-7-14-6-3-4-8-16(14)17/h3-12,27H,2,13H2,1H3/t22-/m1/s1. The van der Waals surface area contributed by atoms with Crippen LogP contribution in [0.3, 0.4) is 0 Å². The van der Waals surface area contributed by atoms with E-state index in [9.17, 15) is 14.7 Å². The zero-order valence-corrected chi connectivity index (χ0v) is 16.4. The van der Waals surface area contributed by atoms with Gasteiger partial charge in [0.25, 0.3) is 5.91 Å². The third-order valence-electron chi connectivity index (χ3n) is 5.12. The molecule has 1 amide bonds. The molecule has 1 aliphatic heterocycles. The van der Waals surface area contributed by atoms with Crippen molar-refractivity contribution in [2.75, 3.05) is 11.4 Å². The minimum Gasteiger partial charge on any atom is -0.375 e. The normalized spacial score (nSPS) is 18.8. The van der Waals surface area contributed by atoms with Gasteiger partial charge in [0, 0.05) is 22.1 Å². The highest BCUT2D eigenvalue weighted by atomic mass is 79.9. The average molecular weight is 424 g/mol. The van der Waals surface area contributed by atoms with Crippen LogP contribution in [0, 0.1) is 0 Å². The molecule has 3 aromatic rings. The molecule has 0 aromatic heterocycles. The Morgan fingerprint density at radius 1 is 1.11 bits per heavy atom. The average Bonchev–Trinajstić information content (AvgIpc) is 2.88. The van der Waals surface area contributed by atoms with E-state index in [0.717, 1.165) is 15.2 Å². The second kappa shape index (κ2) is 6.59. The van der Waals surface area contributed by atoms with Gasteiger partial charge >= 0.3 is 0 Å². The number of fused-ring (bicyclic) bond motifs is 2. The lowest BCUT2D eigenvalue weighted by Crippen LogP contribution is -2.41. The van der Waals surface area contributed by atoms with E-state index in [1.807, 2.05) is 49.4 Å². The van der Waals surface area contributed by atoms with E-state index < -0.39 is 11.5 Å². The summed E-state index contributed by atoms with van der Waals surface area (Å²) in [5, 5.41) is 13.1. The fraction of sp³-hybridized carbons (Fsp3) is 0.182. The van der Waals surface area contributed by atoms with E-state index in [4.69, 9.17) is 0 Å². The van der Waals surface area contributed by atoms with Crippen LogP contribution < -0.4 is 4.90 Å². The van der Waals surface area contributed by atoms with Gasteiger partial charge in [0.1, 0.15) is 0 Å². The molecule has 0 radical (unpaired) electrons. The molecule has 1 atom stereocenters. The molecule has 3 aromatic carbocycles. The van der Waals surface area contributed by atoms with Crippen LogP contribution in [-0.4, -0.2) is 23.3 Å². The highest BCUT2D eigenvalue weighted by Crippen LogP contribution is 2.44. The molecule has 0 fully saturated rings. The summed E-state index contributed by atoms with van der Waals surface area (Å²) in [6.07, 6.45) is -0.292. The van der Waals surface area contributed by atoms with E-state index in [-0.39, 0.29) is 12.2 Å². The summed E-state index contributed by atoms with van der Waals surface area (Å²) in [6, 6.07) is 18.4. The topological polar surface area (TPSA) is 57.6 Å².